The van der Waals surface area contributed by atoms with Crippen LogP contribution < -0.4 is 0 Å². The summed E-state index contributed by atoms with van der Waals surface area (Å²) in [7, 11) is 0. The molecule has 0 aliphatic carbocycles. The Hall–Kier alpha value is -0.780. The largest absolute Gasteiger partial charge is 0.0958 e. The lowest BCUT2D eigenvalue weighted by Crippen LogP contribution is -1.79. The molecule has 0 heteroatoms. The third kappa shape index (κ3) is 3.29. The van der Waals surface area contributed by atoms with Crippen molar-refractivity contribution in [2.75, 3.05) is 0 Å². The highest BCUT2D eigenvalue weighted by atomic mass is 14.0. The minimum absolute atomic E-state index is 1.07. The lowest BCUT2D eigenvalue weighted by molar-refractivity contribution is 1.11. The maximum atomic E-state index is 3.88. The fourth-order valence-electron chi connectivity index (χ4n) is 0.774. The molecular formula is C10H16. The standard InChI is InChI=1S/C10H16/c1-5-7-8-10(6-2)9(3)4/h5,7-8H,3,6H2,1-2,4H3/b7-5+,10-8-. The Balaban J connectivity index is 4.18. The van der Waals surface area contributed by atoms with Gasteiger partial charge in [-0.2, -0.15) is 0 Å². The summed E-state index contributed by atoms with van der Waals surface area (Å²) in [4.78, 5) is 0. The zero-order chi connectivity index (χ0) is 7.98. The number of hydrogen-bond acceptors (Lipinski definition) is 0. The molecule has 0 aliphatic heterocycles. The summed E-state index contributed by atoms with van der Waals surface area (Å²) < 4.78 is 0. The average molecular weight is 136 g/mol. The van der Waals surface area contributed by atoms with Crippen LogP contribution in [0.5, 0.6) is 0 Å². The van der Waals surface area contributed by atoms with Gasteiger partial charge < -0.3 is 0 Å². The maximum Gasteiger partial charge on any atom is -0.0305 e. The molecule has 0 aromatic rings. The van der Waals surface area contributed by atoms with Gasteiger partial charge in [0, 0.05) is 0 Å². The van der Waals surface area contributed by atoms with E-state index in [2.05, 4.69) is 19.6 Å². The van der Waals surface area contributed by atoms with E-state index in [4.69, 9.17) is 0 Å². The van der Waals surface area contributed by atoms with Gasteiger partial charge in [0.1, 0.15) is 0 Å². The SMILES string of the molecule is C=C(C)/C(=C\C=C\C)CC. The van der Waals surface area contributed by atoms with Gasteiger partial charge in [0.2, 0.25) is 0 Å². The van der Waals surface area contributed by atoms with E-state index in [9.17, 15) is 0 Å². The van der Waals surface area contributed by atoms with Gasteiger partial charge in [-0.3, -0.25) is 0 Å². The normalized spacial score (nSPS) is 12.5. The fraction of sp³-hybridized carbons (Fsp3) is 0.400. The molecule has 0 bridgehead atoms. The van der Waals surface area contributed by atoms with Crippen molar-refractivity contribution in [2.45, 2.75) is 27.2 Å². The highest BCUT2D eigenvalue weighted by Crippen LogP contribution is 2.10. The molecular weight excluding hydrogens is 120 g/mol. The summed E-state index contributed by atoms with van der Waals surface area (Å²) in [5.41, 5.74) is 2.50. The van der Waals surface area contributed by atoms with Gasteiger partial charge in [0.25, 0.3) is 0 Å². The maximum absolute atomic E-state index is 3.88. The smallest absolute Gasteiger partial charge is 0.0305 e. The summed E-state index contributed by atoms with van der Waals surface area (Å²) in [5.74, 6) is 0. The molecule has 0 aromatic carbocycles. The first-order valence-corrected chi connectivity index (χ1v) is 3.70. The zero-order valence-electron chi connectivity index (χ0n) is 7.15. The molecule has 0 N–H and O–H groups in total. The van der Waals surface area contributed by atoms with Crippen LogP contribution in [0, 0.1) is 0 Å². The van der Waals surface area contributed by atoms with E-state index >= 15 is 0 Å². The molecule has 0 atom stereocenters. The molecule has 0 fully saturated rings. The molecule has 56 valence electrons. The van der Waals surface area contributed by atoms with E-state index in [0.29, 0.717) is 0 Å². The Kier molecular flexibility index (Phi) is 4.65. The van der Waals surface area contributed by atoms with Crippen LogP contribution in [0.4, 0.5) is 0 Å². The third-order valence-corrected chi connectivity index (χ3v) is 1.42. The predicted molar refractivity (Wildman–Crippen MR) is 48.0 cm³/mol. The van der Waals surface area contributed by atoms with Crippen LogP contribution in [0.1, 0.15) is 27.2 Å². The molecule has 0 radical (unpaired) electrons. The van der Waals surface area contributed by atoms with Gasteiger partial charge in [-0.1, -0.05) is 37.3 Å². The molecule has 0 unspecified atom stereocenters. The van der Waals surface area contributed by atoms with Gasteiger partial charge >= 0.3 is 0 Å². The summed E-state index contributed by atoms with van der Waals surface area (Å²) in [6.45, 7) is 10.1. The van der Waals surface area contributed by atoms with Crippen molar-refractivity contribution in [3.05, 3.63) is 36.0 Å². The van der Waals surface area contributed by atoms with Gasteiger partial charge in [0.05, 0.1) is 0 Å². The topological polar surface area (TPSA) is 0 Å². The number of allylic oxidation sites excluding steroid dienone is 5. The van der Waals surface area contributed by atoms with E-state index in [-0.39, 0.29) is 0 Å². The van der Waals surface area contributed by atoms with Crippen molar-refractivity contribution < 1.29 is 0 Å². The van der Waals surface area contributed by atoms with Gasteiger partial charge in [0.15, 0.2) is 0 Å². The highest BCUT2D eigenvalue weighted by Gasteiger charge is 1.89. The minimum atomic E-state index is 1.07. The monoisotopic (exact) mass is 136 g/mol. The molecule has 0 rings (SSSR count). The first-order chi connectivity index (χ1) is 4.72. The number of hydrogen-bond donors (Lipinski definition) is 0. The van der Waals surface area contributed by atoms with Crippen molar-refractivity contribution in [1.82, 2.24) is 0 Å². The highest BCUT2D eigenvalue weighted by molar-refractivity contribution is 5.29. The summed E-state index contributed by atoms with van der Waals surface area (Å²) in [6, 6.07) is 0. The summed E-state index contributed by atoms with van der Waals surface area (Å²) >= 11 is 0. The molecule has 0 saturated carbocycles. The van der Waals surface area contributed by atoms with E-state index < -0.39 is 0 Å². The quantitative estimate of drug-likeness (QED) is 0.521. The molecule has 0 aliphatic rings. The Labute approximate surface area is 64.0 Å². The minimum Gasteiger partial charge on any atom is -0.0958 e. The van der Waals surface area contributed by atoms with E-state index in [1.54, 1.807) is 0 Å². The molecule has 0 aromatic heterocycles. The lowest BCUT2D eigenvalue weighted by atomic mass is 10.1. The Morgan fingerprint density at radius 3 is 2.40 bits per heavy atom. The average Bonchev–Trinajstić information content (AvgIpc) is 1.89. The Bertz CT molecular complexity index is 159. The fourth-order valence-corrected chi connectivity index (χ4v) is 0.774. The van der Waals surface area contributed by atoms with Crippen LogP contribution in [-0.4, -0.2) is 0 Å². The first-order valence-electron chi connectivity index (χ1n) is 3.70. The lowest BCUT2D eigenvalue weighted by Gasteiger charge is -1.99. The van der Waals surface area contributed by atoms with Crippen LogP contribution in [-0.2, 0) is 0 Å². The van der Waals surface area contributed by atoms with Crippen LogP contribution in [0.3, 0.4) is 0 Å². The second-order valence-corrected chi connectivity index (χ2v) is 2.35. The van der Waals surface area contributed by atoms with Crippen LogP contribution >= 0.6 is 0 Å². The predicted octanol–water partition coefficient (Wildman–Crippen LogP) is 3.48. The van der Waals surface area contributed by atoms with Crippen molar-refractivity contribution in [3.63, 3.8) is 0 Å². The Morgan fingerprint density at radius 2 is 2.10 bits per heavy atom. The molecule has 0 saturated heterocycles. The van der Waals surface area contributed by atoms with Crippen LogP contribution in [0.2, 0.25) is 0 Å². The van der Waals surface area contributed by atoms with E-state index in [1.807, 2.05) is 26.0 Å². The Morgan fingerprint density at radius 1 is 1.50 bits per heavy atom. The van der Waals surface area contributed by atoms with Gasteiger partial charge in [-0.15, -0.1) is 0 Å². The second kappa shape index (κ2) is 5.04. The van der Waals surface area contributed by atoms with Gasteiger partial charge in [-0.05, 0) is 25.8 Å². The molecule has 0 spiro atoms. The molecule has 0 amide bonds. The van der Waals surface area contributed by atoms with Crippen molar-refractivity contribution in [1.29, 1.82) is 0 Å². The van der Waals surface area contributed by atoms with Crippen molar-refractivity contribution in [2.24, 2.45) is 0 Å². The second-order valence-electron chi connectivity index (χ2n) is 2.35. The first kappa shape index (κ1) is 9.22. The molecule has 0 heterocycles. The van der Waals surface area contributed by atoms with Crippen molar-refractivity contribution >= 4 is 0 Å². The van der Waals surface area contributed by atoms with E-state index in [1.165, 1.54) is 11.1 Å². The van der Waals surface area contributed by atoms with Crippen LogP contribution in [0.25, 0.3) is 0 Å². The summed E-state index contributed by atoms with van der Waals surface area (Å²) in [5, 5.41) is 0. The van der Waals surface area contributed by atoms with Crippen molar-refractivity contribution in [3.8, 4) is 0 Å². The molecule has 10 heavy (non-hydrogen) atoms. The third-order valence-electron chi connectivity index (χ3n) is 1.42. The molecule has 0 nitrogen and oxygen atoms in total. The zero-order valence-corrected chi connectivity index (χ0v) is 7.15. The van der Waals surface area contributed by atoms with E-state index in [0.717, 1.165) is 6.42 Å². The van der Waals surface area contributed by atoms with Gasteiger partial charge in [-0.25, -0.2) is 0 Å². The number of rotatable bonds is 3. The summed E-state index contributed by atoms with van der Waals surface area (Å²) in [6.07, 6.45) is 7.26. The van der Waals surface area contributed by atoms with Crippen LogP contribution in [0.15, 0.2) is 36.0 Å².